The van der Waals surface area contributed by atoms with E-state index in [0.29, 0.717) is 6.42 Å². The zero-order valence-electron chi connectivity index (χ0n) is 8.69. The Bertz CT molecular complexity index is 322. The predicted molar refractivity (Wildman–Crippen MR) is 60.5 cm³/mol. The first-order valence-corrected chi connectivity index (χ1v) is 6.56. The fourth-order valence-corrected chi connectivity index (χ4v) is 3.37. The van der Waals surface area contributed by atoms with Crippen LogP contribution in [0.15, 0.2) is 0 Å². The smallest absolute Gasteiger partial charge is 0.311 e. The number of carbonyl (C=O) groups is 2. The monoisotopic (exact) mass is 310 g/mol. The van der Waals surface area contributed by atoms with E-state index in [2.05, 4.69) is 15.9 Å². The molecule has 1 aliphatic carbocycles. The van der Waals surface area contributed by atoms with Crippen molar-refractivity contribution in [3.05, 3.63) is 0 Å². The van der Waals surface area contributed by atoms with Gasteiger partial charge in [0, 0.05) is 0 Å². The summed E-state index contributed by atoms with van der Waals surface area (Å²) in [6.07, 6.45) is 0.326. The van der Waals surface area contributed by atoms with Gasteiger partial charge in [-0.3, -0.25) is 9.59 Å². The Balaban J connectivity index is 2.21. The summed E-state index contributed by atoms with van der Waals surface area (Å²) < 4.78 is 10.1. The molecule has 1 heterocycles. The first-order chi connectivity index (χ1) is 7.56. The molecular formula is C10H12BrClO4. The van der Waals surface area contributed by atoms with Crippen LogP contribution in [0.25, 0.3) is 0 Å². The summed E-state index contributed by atoms with van der Waals surface area (Å²) in [7, 11) is 0. The highest BCUT2D eigenvalue weighted by atomic mass is 79.9. The van der Waals surface area contributed by atoms with E-state index < -0.39 is 23.2 Å². The average molecular weight is 312 g/mol. The number of hydrogen-bond acceptors (Lipinski definition) is 4. The molecule has 0 unspecified atom stereocenters. The van der Waals surface area contributed by atoms with E-state index in [4.69, 9.17) is 21.1 Å². The van der Waals surface area contributed by atoms with Crippen LogP contribution in [0, 0.1) is 11.8 Å². The third-order valence-electron chi connectivity index (χ3n) is 3.05. The number of esters is 2. The van der Waals surface area contributed by atoms with Crippen LogP contribution < -0.4 is 0 Å². The van der Waals surface area contributed by atoms with E-state index in [1.165, 1.54) is 0 Å². The summed E-state index contributed by atoms with van der Waals surface area (Å²) >= 11 is 9.56. The molecule has 1 aliphatic heterocycles. The lowest BCUT2D eigenvalue weighted by atomic mass is 9.79. The fraction of sp³-hybridized carbons (Fsp3) is 0.800. The van der Waals surface area contributed by atoms with Crippen molar-refractivity contribution in [1.29, 1.82) is 0 Å². The number of rotatable bonds is 2. The van der Waals surface area contributed by atoms with Gasteiger partial charge in [-0.25, -0.2) is 0 Å². The van der Waals surface area contributed by atoms with Gasteiger partial charge in [0.15, 0.2) is 0 Å². The number of carbonyl (C=O) groups excluding carboxylic acids is 2. The van der Waals surface area contributed by atoms with E-state index in [0.717, 1.165) is 0 Å². The number of halogens is 2. The molecule has 0 amide bonds. The van der Waals surface area contributed by atoms with Gasteiger partial charge in [0.1, 0.15) is 6.10 Å². The van der Waals surface area contributed by atoms with Crippen LogP contribution in [-0.2, 0) is 19.1 Å². The molecule has 0 aromatic carbocycles. The molecule has 5 atom stereocenters. The minimum atomic E-state index is -0.600. The summed E-state index contributed by atoms with van der Waals surface area (Å²) in [5, 5.41) is -0.464. The highest BCUT2D eigenvalue weighted by molar-refractivity contribution is 9.09. The van der Waals surface area contributed by atoms with E-state index in [1.54, 1.807) is 6.92 Å². The molecule has 0 N–H and O–H groups in total. The normalized spacial score (nSPS) is 41.7. The van der Waals surface area contributed by atoms with Crippen LogP contribution in [0.2, 0.25) is 0 Å². The summed E-state index contributed by atoms with van der Waals surface area (Å²) in [5.74, 6) is -1.79. The third kappa shape index (κ3) is 1.84. The Hall–Kier alpha value is -0.290. The number of fused-ring (bicyclic) bond motifs is 2. The molecule has 0 aromatic rings. The molecule has 2 aliphatic rings. The summed E-state index contributed by atoms with van der Waals surface area (Å²) in [5.41, 5.74) is 0. The molecule has 2 rings (SSSR count). The van der Waals surface area contributed by atoms with E-state index in [9.17, 15) is 9.59 Å². The second-order valence-corrected chi connectivity index (χ2v) is 5.55. The van der Waals surface area contributed by atoms with Crippen LogP contribution in [0.3, 0.4) is 0 Å². The van der Waals surface area contributed by atoms with Crippen LogP contribution >= 0.6 is 27.5 Å². The SMILES string of the molecule is CCOC(=O)[C@H]1[C@@H](Cl)[C@H](Br)[C@H]2C[C@H]1C(=O)O2. The lowest BCUT2D eigenvalue weighted by Gasteiger charge is -2.31. The van der Waals surface area contributed by atoms with Crippen molar-refractivity contribution in [2.45, 2.75) is 29.7 Å². The van der Waals surface area contributed by atoms with Crippen LogP contribution in [-0.4, -0.2) is 34.9 Å². The van der Waals surface area contributed by atoms with Crippen LogP contribution in [0.1, 0.15) is 13.3 Å². The molecule has 0 radical (unpaired) electrons. The molecular weight excluding hydrogens is 299 g/mol. The van der Waals surface area contributed by atoms with Gasteiger partial charge in [-0.1, -0.05) is 15.9 Å². The highest BCUT2D eigenvalue weighted by Gasteiger charge is 2.56. The van der Waals surface area contributed by atoms with Gasteiger partial charge in [0.25, 0.3) is 0 Å². The van der Waals surface area contributed by atoms with Crippen LogP contribution in [0.4, 0.5) is 0 Å². The summed E-state index contributed by atoms with van der Waals surface area (Å²) in [6, 6.07) is 0. The standard InChI is InChI=1S/C10H12BrClO4/c1-2-15-10(14)6-4-3-5(16-9(4)13)7(11)8(6)12/h4-8H,2-3H2,1H3/t4-,5-,6-,7-,8-/m1/s1. The molecule has 6 heteroatoms. The van der Waals surface area contributed by atoms with Gasteiger partial charge in [-0.15, -0.1) is 11.6 Å². The Labute approximate surface area is 107 Å². The summed E-state index contributed by atoms with van der Waals surface area (Å²) in [4.78, 5) is 23.1. The molecule has 2 fully saturated rings. The van der Waals surface area contributed by atoms with Crippen molar-refractivity contribution in [3.8, 4) is 0 Å². The molecule has 0 spiro atoms. The fourth-order valence-electron chi connectivity index (χ4n) is 2.28. The molecule has 2 bridgehead atoms. The molecule has 16 heavy (non-hydrogen) atoms. The molecule has 1 saturated carbocycles. The Morgan fingerprint density at radius 1 is 1.69 bits per heavy atom. The van der Waals surface area contributed by atoms with Crippen molar-refractivity contribution in [2.24, 2.45) is 11.8 Å². The van der Waals surface area contributed by atoms with Crippen molar-refractivity contribution in [2.75, 3.05) is 6.61 Å². The minimum Gasteiger partial charge on any atom is -0.466 e. The highest BCUT2D eigenvalue weighted by Crippen LogP contribution is 2.44. The van der Waals surface area contributed by atoms with E-state index in [-0.39, 0.29) is 23.5 Å². The first-order valence-electron chi connectivity index (χ1n) is 5.21. The first kappa shape index (κ1) is 12.2. The lowest BCUT2D eigenvalue weighted by Crippen LogP contribution is -2.45. The Morgan fingerprint density at radius 2 is 2.38 bits per heavy atom. The lowest BCUT2D eigenvalue weighted by molar-refractivity contribution is -0.154. The maximum Gasteiger partial charge on any atom is 0.311 e. The summed E-state index contributed by atoms with van der Waals surface area (Å²) in [6.45, 7) is 2.02. The maximum atomic E-state index is 11.8. The minimum absolute atomic E-state index is 0.189. The van der Waals surface area contributed by atoms with E-state index in [1.807, 2.05) is 0 Å². The molecule has 90 valence electrons. The Morgan fingerprint density at radius 3 is 3.00 bits per heavy atom. The topological polar surface area (TPSA) is 52.6 Å². The Kier molecular flexibility index (Phi) is 3.45. The zero-order chi connectivity index (χ0) is 11.9. The molecule has 1 saturated heterocycles. The van der Waals surface area contributed by atoms with Crippen molar-refractivity contribution in [1.82, 2.24) is 0 Å². The van der Waals surface area contributed by atoms with Crippen LogP contribution in [0.5, 0.6) is 0 Å². The second-order valence-electron chi connectivity index (χ2n) is 3.98. The van der Waals surface area contributed by atoms with Gasteiger partial charge in [-0.2, -0.15) is 0 Å². The quantitative estimate of drug-likeness (QED) is 0.572. The third-order valence-corrected chi connectivity index (χ3v) is 5.06. The molecule has 0 aromatic heterocycles. The average Bonchev–Trinajstić information content (AvgIpc) is 2.56. The van der Waals surface area contributed by atoms with Crippen molar-refractivity contribution in [3.63, 3.8) is 0 Å². The van der Waals surface area contributed by atoms with Gasteiger partial charge in [0.05, 0.1) is 28.6 Å². The van der Waals surface area contributed by atoms with Crippen molar-refractivity contribution < 1.29 is 19.1 Å². The number of ether oxygens (including phenoxy) is 2. The number of alkyl halides is 2. The largest absolute Gasteiger partial charge is 0.466 e. The second kappa shape index (κ2) is 4.53. The van der Waals surface area contributed by atoms with Gasteiger partial charge < -0.3 is 9.47 Å². The van der Waals surface area contributed by atoms with Gasteiger partial charge in [0.2, 0.25) is 0 Å². The van der Waals surface area contributed by atoms with Crippen molar-refractivity contribution >= 4 is 39.5 Å². The maximum absolute atomic E-state index is 11.8. The molecule has 4 nitrogen and oxygen atoms in total. The van der Waals surface area contributed by atoms with Gasteiger partial charge in [-0.05, 0) is 13.3 Å². The predicted octanol–water partition coefficient (Wildman–Crippen LogP) is 1.48. The van der Waals surface area contributed by atoms with E-state index >= 15 is 0 Å². The van der Waals surface area contributed by atoms with Gasteiger partial charge >= 0.3 is 11.9 Å². The zero-order valence-corrected chi connectivity index (χ0v) is 11.0. The number of hydrogen-bond donors (Lipinski definition) is 0.